The van der Waals surface area contributed by atoms with Crippen LogP contribution in [0.5, 0.6) is 0 Å². The largest absolute Gasteiger partial charge is 0.466 e. The third-order valence-corrected chi connectivity index (χ3v) is 3.14. The van der Waals surface area contributed by atoms with Gasteiger partial charge >= 0.3 is 0 Å². The highest BCUT2D eigenvalue weighted by Gasteiger charge is 2.14. The minimum atomic E-state index is -0.594. The van der Waals surface area contributed by atoms with Crippen LogP contribution in [0.25, 0.3) is 0 Å². The van der Waals surface area contributed by atoms with Crippen LogP contribution in [0.4, 0.5) is 11.4 Å². The lowest BCUT2D eigenvalue weighted by atomic mass is 10.2. The lowest BCUT2D eigenvalue weighted by Crippen LogP contribution is -2.12. The van der Waals surface area contributed by atoms with E-state index in [-0.39, 0.29) is 23.0 Å². The Hall–Kier alpha value is -2.34. The van der Waals surface area contributed by atoms with Gasteiger partial charge in [-0.2, -0.15) is 0 Å². The zero-order valence-corrected chi connectivity index (χ0v) is 12.0. The molecule has 0 spiro atoms. The molecular weight excluding hydrogens is 296 g/mol. The van der Waals surface area contributed by atoms with E-state index in [0.29, 0.717) is 12.1 Å². The Morgan fingerprint density at radius 3 is 2.76 bits per heavy atom. The second-order valence-corrected chi connectivity index (χ2v) is 4.89. The van der Waals surface area contributed by atoms with E-state index < -0.39 is 4.92 Å². The van der Waals surface area contributed by atoms with E-state index in [1.54, 1.807) is 0 Å². The predicted molar refractivity (Wildman–Crippen MR) is 78.5 cm³/mol. The topological polar surface area (TPSA) is 85.4 Å². The van der Waals surface area contributed by atoms with Crippen LogP contribution < -0.4 is 5.32 Å². The van der Waals surface area contributed by atoms with Gasteiger partial charge in [-0.05, 0) is 31.2 Å². The first kappa shape index (κ1) is 15.1. The van der Waals surface area contributed by atoms with Crippen molar-refractivity contribution < 1.29 is 14.1 Å². The molecule has 1 N–H and O–H groups in total. The number of halogens is 1. The summed E-state index contributed by atoms with van der Waals surface area (Å²) in [6.45, 7) is 1.83. The molecule has 1 aromatic heterocycles. The highest BCUT2D eigenvalue weighted by Crippen LogP contribution is 2.27. The first-order valence-electron chi connectivity index (χ1n) is 6.25. The zero-order chi connectivity index (χ0) is 15.4. The Morgan fingerprint density at radius 1 is 1.38 bits per heavy atom. The Morgan fingerprint density at radius 2 is 2.14 bits per heavy atom. The van der Waals surface area contributed by atoms with E-state index in [1.807, 2.05) is 19.1 Å². The fourth-order valence-electron chi connectivity index (χ4n) is 1.81. The van der Waals surface area contributed by atoms with Crippen molar-refractivity contribution in [3.05, 3.63) is 57.0 Å². The molecule has 2 rings (SSSR count). The fraction of sp³-hybridized carbons (Fsp3) is 0.214. The number of nitro benzene ring substituents is 1. The lowest BCUT2D eigenvalue weighted by Gasteiger charge is -2.05. The molecule has 21 heavy (non-hydrogen) atoms. The first-order chi connectivity index (χ1) is 9.95. The molecule has 1 aromatic carbocycles. The van der Waals surface area contributed by atoms with Gasteiger partial charge in [-0.25, -0.2) is 0 Å². The number of nitrogens with one attached hydrogen (secondary N) is 1. The number of carbonyl (C=O) groups is 1. The number of carbonyl (C=O) groups excluding carboxylic acids is 1. The molecule has 1 heterocycles. The number of amides is 1. The van der Waals surface area contributed by atoms with Crippen LogP contribution in [0.2, 0.25) is 5.02 Å². The molecule has 0 saturated carbocycles. The summed E-state index contributed by atoms with van der Waals surface area (Å²) in [6.07, 6.45) is 0.693. The van der Waals surface area contributed by atoms with Crippen LogP contribution in [-0.2, 0) is 11.2 Å². The first-order valence-corrected chi connectivity index (χ1v) is 6.62. The van der Waals surface area contributed by atoms with Gasteiger partial charge in [0.2, 0.25) is 5.91 Å². The quantitative estimate of drug-likeness (QED) is 0.673. The number of hydrogen-bond donors (Lipinski definition) is 1. The molecule has 0 fully saturated rings. The maximum Gasteiger partial charge on any atom is 0.289 e. The second-order valence-electron chi connectivity index (χ2n) is 4.48. The van der Waals surface area contributed by atoms with E-state index in [0.717, 1.165) is 11.5 Å². The van der Waals surface area contributed by atoms with Crippen molar-refractivity contribution >= 4 is 28.9 Å². The van der Waals surface area contributed by atoms with Crippen molar-refractivity contribution in [2.45, 2.75) is 19.8 Å². The average molecular weight is 309 g/mol. The van der Waals surface area contributed by atoms with Gasteiger partial charge in [0.15, 0.2) is 0 Å². The van der Waals surface area contributed by atoms with Gasteiger partial charge in [0.25, 0.3) is 5.69 Å². The number of anilines is 1. The number of furan rings is 1. The molecule has 0 aliphatic carbocycles. The molecule has 1 amide bonds. The molecule has 6 nitrogen and oxygen atoms in total. The van der Waals surface area contributed by atoms with Crippen molar-refractivity contribution in [1.82, 2.24) is 0 Å². The lowest BCUT2D eigenvalue weighted by molar-refractivity contribution is -0.384. The molecule has 110 valence electrons. The van der Waals surface area contributed by atoms with Crippen LogP contribution in [-0.4, -0.2) is 10.8 Å². The SMILES string of the molecule is Cc1ccc(CCC(=O)Nc2ccc(Cl)c([N+](=O)[O-])c2)o1. The van der Waals surface area contributed by atoms with Crippen LogP contribution in [0.1, 0.15) is 17.9 Å². The van der Waals surface area contributed by atoms with E-state index in [4.69, 9.17) is 16.0 Å². The highest BCUT2D eigenvalue weighted by atomic mass is 35.5. The van der Waals surface area contributed by atoms with Gasteiger partial charge in [0, 0.05) is 24.6 Å². The Kier molecular flexibility index (Phi) is 4.59. The molecule has 0 aliphatic rings. The predicted octanol–water partition coefficient (Wildman–Crippen LogP) is 3.72. The number of aryl methyl sites for hydroxylation is 2. The van der Waals surface area contributed by atoms with Gasteiger partial charge in [-0.15, -0.1) is 0 Å². The molecule has 0 saturated heterocycles. The molecule has 7 heteroatoms. The summed E-state index contributed by atoms with van der Waals surface area (Å²) >= 11 is 5.70. The summed E-state index contributed by atoms with van der Waals surface area (Å²) in [5.41, 5.74) is 0.0999. The minimum Gasteiger partial charge on any atom is -0.466 e. The van der Waals surface area contributed by atoms with Gasteiger partial charge in [-0.3, -0.25) is 14.9 Å². The standard InChI is InChI=1S/C14H13ClN2O4/c1-9-2-4-11(21-9)5-7-14(18)16-10-3-6-12(15)13(8-10)17(19)20/h2-4,6,8H,5,7H2,1H3,(H,16,18). The molecule has 0 unspecified atom stereocenters. The van der Waals surface area contributed by atoms with E-state index in [2.05, 4.69) is 5.32 Å². The molecule has 2 aromatic rings. The van der Waals surface area contributed by atoms with Crippen molar-refractivity contribution in [3.8, 4) is 0 Å². The maximum absolute atomic E-state index is 11.8. The summed E-state index contributed by atoms with van der Waals surface area (Å²) in [5, 5.41) is 13.4. The molecule has 0 bridgehead atoms. The summed E-state index contributed by atoms with van der Waals surface area (Å²) in [4.78, 5) is 22.0. The van der Waals surface area contributed by atoms with E-state index in [9.17, 15) is 14.9 Å². The number of hydrogen-bond acceptors (Lipinski definition) is 4. The van der Waals surface area contributed by atoms with Crippen molar-refractivity contribution in [1.29, 1.82) is 0 Å². The van der Waals surface area contributed by atoms with Gasteiger partial charge < -0.3 is 9.73 Å². The number of benzene rings is 1. The van der Waals surface area contributed by atoms with Crippen LogP contribution in [0.15, 0.2) is 34.7 Å². The monoisotopic (exact) mass is 308 g/mol. The Labute approximate surface area is 125 Å². The van der Waals surface area contributed by atoms with Crippen molar-refractivity contribution in [2.75, 3.05) is 5.32 Å². The Bertz CT molecular complexity index is 681. The third-order valence-electron chi connectivity index (χ3n) is 2.82. The molecule has 0 aliphatic heterocycles. The smallest absolute Gasteiger partial charge is 0.289 e. The maximum atomic E-state index is 11.8. The van der Waals surface area contributed by atoms with Crippen LogP contribution in [0.3, 0.4) is 0 Å². The van der Waals surface area contributed by atoms with Crippen molar-refractivity contribution in [3.63, 3.8) is 0 Å². The number of rotatable bonds is 5. The van der Waals surface area contributed by atoms with E-state index in [1.165, 1.54) is 18.2 Å². The summed E-state index contributed by atoms with van der Waals surface area (Å²) in [5.74, 6) is 1.27. The summed E-state index contributed by atoms with van der Waals surface area (Å²) in [6, 6.07) is 7.78. The Balaban J connectivity index is 1.96. The van der Waals surface area contributed by atoms with E-state index >= 15 is 0 Å². The van der Waals surface area contributed by atoms with Crippen LogP contribution >= 0.6 is 11.6 Å². The molecular formula is C14H13ClN2O4. The average Bonchev–Trinajstić information content (AvgIpc) is 2.84. The van der Waals surface area contributed by atoms with Gasteiger partial charge in [0.1, 0.15) is 16.5 Å². The second kappa shape index (κ2) is 6.41. The van der Waals surface area contributed by atoms with Crippen molar-refractivity contribution in [2.24, 2.45) is 0 Å². The third kappa shape index (κ3) is 4.06. The summed E-state index contributed by atoms with van der Waals surface area (Å²) in [7, 11) is 0. The molecule has 0 radical (unpaired) electrons. The highest BCUT2D eigenvalue weighted by molar-refractivity contribution is 6.32. The normalized spacial score (nSPS) is 10.4. The van der Waals surface area contributed by atoms with Crippen LogP contribution in [0, 0.1) is 17.0 Å². The summed E-state index contributed by atoms with van der Waals surface area (Å²) < 4.78 is 5.36. The number of nitro groups is 1. The number of nitrogens with zero attached hydrogens (tertiary/aromatic N) is 1. The van der Waals surface area contributed by atoms with Gasteiger partial charge in [-0.1, -0.05) is 11.6 Å². The fourth-order valence-corrected chi connectivity index (χ4v) is 2.00. The van der Waals surface area contributed by atoms with Gasteiger partial charge in [0.05, 0.1) is 4.92 Å². The molecule has 0 atom stereocenters. The minimum absolute atomic E-state index is 0.0315. The zero-order valence-electron chi connectivity index (χ0n) is 11.3.